The highest BCUT2D eigenvalue weighted by Gasteiger charge is 2.31. The maximum absolute atomic E-state index is 12.5. The quantitative estimate of drug-likeness (QED) is 0.629. The third-order valence-electron chi connectivity index (χ3n) is 4.78. The Labute approximate surface area is 167 Å². The molecule has 154 valence electrons. The van der Waals surface area contributed by atoms with Crippen LogP contribution in [0.5, 0.6) is 0 Å². The van der Waals surface area contributed by atoms with Crippen molar-refractivity contribution in [1.82, 2.24) is 4.31 Å². The minimum Gasteiger partial charge on any atom is -0.396 e. The molecule has 0 fully saturated rings. The number of nitrogens with zero attached hydrogens (tertiary/aromatic N) is 1. The zero-order valence-corrected chi connectivity index (χ0v) is 17.4. The van der Waals surface area contributed by atoms with Crippen LogP contribution in [0.2, 0.25) is 0 Å². The van der Waals surface area contributed by atoms with Crippen LogP contribution in [0.25, 0.3) is 0 Å². The molecule has 7 heteroatoms. The fraction of sp³-hybridized carbons (Fsp3) is 0.429. The highest BCUT2D eigenvalue weighted by atomic mass is 32.2. The average molecular weight is 408 g/mol. The number of ether oxygens (including phenoxy) is 1. The smallest absolute Gasteiger partial charge is 0.242 e. The Morgan fingerprint density at radius 3 is 2.21 bits per heavy atom. The average Bonchev–Trinajstić information content (AvgIpc) is 2.69. The maximum atomic E-state index is 12.5. The van der Waals surface area contributed by atoms with Gasteiger partial charge in [-0.2, -0.15) is 0 Å². The lowest BCUT2D eigenvalue weighted by Crippen LogP contribution is -2.37. The third-order valence-corrected chi connectivity index (χ3v) is 6.74. The van der Waals surface area contributed by atoms with E-state index in [1.807, 2.05) is 36.4 Å². The molecule has 2 N–H and O–H groups in total. The second-order valence-electron chi connectivity index (χ2n) is 7.36. The van der Waals surface area contributed by atoms with Crippen LogP contribution >= 0.6 is 0 Å². The molecule has 0 aliphatic carbocycles. The first-order valence-electron chi connectivity index (χ1n) is 9.09. The van der Waals surface area contributed by atoms with Gasteiger partial charge in [0.05, 0.1) is 31.3 Å². The number of hydrogen-bond acceptors (Lipinski definition) is 5. The molecule has 0 spiro atoms. The minimum absolute atomic E-state index is 0.151. The Morgan fingerprint density at radius 1 is 1.00 bits per heavy atom. The Balaban J connectivity index is 2.19. The molecule has 0 atom stereocenters. The molecule has 0 heterocycles. The van der Waals surface area contributed by atoms with Gasteiger partial charge in [-0.3, -0.25) is 0 Å². The van der Waals surface area contributed by atoms with E-state index in [0.29, 0.717) is 18.6 Å². The topological polar surface area (TPSA) is 87.1 Å². The largest absolute Gasteiger partial charge is 0.396 e. The number of aryl methyl sites for hydroxylation is 1. The van der Waals surface area contributed by atoms with Crippen molar-refractivity contribution in [3.63, 3.8) is 0 Å². The molecule has 0 aromatic heterocycles. The Bertz CT molecular complexity index is 862. The van der Waals surface area contributed by atoms with Crippen LogP contribution in [0.3, 0.4) is 0 Å². The van der Waals surface area contributed by atoms with Crippen LogP contribution in [0.15, 0.2) is 53.4 Å². The van der Waals surface area contributed by atoms with E-state index in [-0.39, 0.29) is 24.7 Å². The summed E-state index contributed by atoms with van der Waals surface area (Å²) >= 11 is 0. The standard InChI is InChI=1S/C21H29NO5S/c1-17-9-10-19(11-20(17)28(25,26)22(2)3)12-21(14-23,15-24)16-27-13-18-7-5-4-6-8-18/h4-11,23-24H,12-16H2,1-3H3. The highest BCUT2D eigenvalue weighted by Crippen LogP contribution is 2.27. The minimum atomic E-state index is -3.57. The van der Waals surface area contributed by atoms with Crippen LogP contribution in [-0.2, 0) is 27.8 Å². The molecule has 0 aliphatic rings. The lowest BCUT2D eigenvalue weighted by atomic mass is 9.83. The van der Waals surface area contributed by atoms with Gasteiger partial charge >= 0.3 is 0 Å². The van der Waals surface area contributed by atoms with Gasteiger partial charge in [-0.25, -0.2) is 12.7 Å². The predicted molar refractivity (Wildman–Crippen MR) is 108 cm³/mol. The summed E-state index contributed by atoms with van der Waals surface area (Å²) in [6.07, 6.45) is 0.297. The second kappa shape index (κ2) is 9.62. The number of hydrogen-bond donors (Lipinski definition) is 2. The zero-order chi connectivity index (χ0) is 20.8. The zero-order valence-electron chi connectivity index (χ0n) is 16.6. The second-order valence-corrected chi connectivity index (χ2v) is 9.48. The molecule has 0 saturated carbocycles. The van der Waals surface area contributed by atoms with Gasteiger partial charge in [-0.1, -0.05) is 42.5 Å². The summed E-state index contributed by atoms with van der Waals surface area (Å²) in [6, 6.07) is 14.8. The molecular formula is C21H29NO5S. The molecule has 0 bridgehead atoms. The lowest BCUT2D eigenvalue weighted by molar-refractivity contribution is -0.0331. The van der Waals surface area contributed by atoms with Gasteiger partial charge in [-0.05, 0) is 36.1 Å². The summed E-state index contributed by atoms with van der Waals surface area (Å²) in [4.78, 5) is 0.227. The van der Waals surface area contributed by atoms with Crippen LogP contribution in [0, 0.1) is 12.3 Å². The van der Waals surface area contributed by atoms with E-state index in [1.165, 1.54) is 18.4 Å². The monoisotopic (exact) mass is 407 g/mol. The van der Waals surface area contributed by atoms with Crippen LogP contribution in [0.4, 0.5) is 0 Å². The van der Waals surface area contributed by atoms with Gasteiger partial charge in [0.25, 0.3) is 0 Å². The molecule has 0 saturated heterocycles. The number of benzene rings is 2. The maximum Gasteiger partial charge on any atom is 0.242 e. The predicted octanol–water partition coefficient (Wildman–Crippen LogP) is 1.98. The summed E-state index contributed by atoms with van der Waals surface area (Å²) in [5, 5.41) is 19.9. The van der Waals surface area contributed by atoms with E-state index in [1.54, 1.807) is 19.1 Å². The van der Waals surface area contributed by atoms with Crippen molar-refractivity contribution in [2.24, 2.45) is 5.41 Å². The Morgan fingerprint density at radius 2 is 1.64 bits per heavy atom. The first-order valence-corrected chi connectivity index (χ1v) is 10.5. The summed E-state index contributed by atoms with van der Waals surface area (Å²) in [6.45, 7) is 1.72. The van der Waals surface area contributed by atoms with Crippen LogP contribution < -0.4 is 0 Å². The van der Waals surface area contributed by atoms with Crippen LogP contribution in [0.1, 0.15) is 16.7 Å². The summed E-state index contributed by atoms with van der Waals surface area (Å²) in [7, 11) is -0.594. The summed E-state index contributed by atoms with van der Waals surface area (Å²) < 4.78 is 32.0. The van der Waals surface area contributed by atoms with Gasteiger partial charge < -0.3 is 14.9 Å². The van der Waals surface area contributed by atoms with Gasteiger partial charge in [-0.15, -0.1) is 0 Å². The van der Waals surface area contributed by atoms with E-state index >= 15 is 0 Å². The highest BCUT2D eigenvalue weighted by molar-refractivity contribution is 7.89. The van der Waals surface area contributed by atoms with E-state index in [4.69, 9.17) is 4.74 Å². The summed E-state index contributed by atoms with van der Waals surface area (Å²) in [5.74, 6) is 0. The van der Waals surface area contributed by atoms with Gasteiger partial charge in [0.2, 0.25) is 10.0 Å². The van der Waals surface area contributed by atoms with Crippen molar-refractivity contribution in [2.75, 3.05) is 33.9 Å². The normalized spacial score (nSPS) is 12.5. The van der Waals surface area contributed by atoms with E-state index in [2.05, 4.69) is 0 Å². The summed E-state index contributed by atoms with van der Waals surface area (Å²) in [5.41, 5.74) is 1.47. The molecule has 0 unspecified atom stereocenters. The van der Waals surface area contributed by atoms with Gasteiger partial charge in [0.1, 0.15) is 0 Å². The number of aliphatic hydroxyl groups excluding tert-OH is 2. The number of aliphatic hydroxyl groups is 2. The molecule has 2 aromatic rings. The Kier molecular flexibility index (Phi) is 7.74. The number of sulfonamides is 1. The SMILES string of the molecule is Cc1ccc(CC(CO)(CO)COCc2ccccc2)cc1S(=O)(=O)N(C)C. The molecular weight excluding hydrogens is 378 g/mol. The lowest BCUT2D eigenvalue weighted by Gasteiger charge is -2.30. The number of rotatable bonds is 10. The van der Waals surface area contributed by atoms with Crippen molar-refractivity contribution >= 4 is 10.0 Å². The molecule has 0 amide bonds. The van der Waals surface area contributed by atoms with Crippen molar-refractivity contribution in [3.05, 3.63) is 65.2 Å². The van der Waals surface area contributed by atoms with E-state index in [0.717, 1.165) is 11.1 Å². The van der Waals surface area contributed by atoms with Gasteiger partial charge in [0.15, 0.2) is 0 Å². The van der Waals surface area contributed by atoms with E-state index in [9.17, 15) is 18.6 Å². The Hall–Kier alpha value is -1.77. The van der Waals surface area contributed by atoms with E-state index < -0.39 is 15.4 Å². The van der Waals surface area contributed by atoms with Gasteiger partial charge in [0, 0.05) is 19.5 Å². The van der Waals surface area contributed by atoms with Crippen molar-refractivity contribution in [3.8, 4) is 0 Å². The fourth-order valence-electron chi connectivity index (χ4n) is 2.93. The molecule has 0 radical (unpaired) electrons. The van der Waals surface area contributed by atoms with Crippen molar-refractivity contribution in [1.29, 1.82) is 0 Å². The molecule has 2 rings (SSSR count). The van der Waals surface area contributed by atoms with Crippen LogP contribution in [-0.4, -0.2) is 56.9 Å². The molecule has 28 heavy (non-hydrogen) atoms. The van der Waals surface area contributed by atoms with Crippen molar-refractivity contribution in [2.45, 2.75) is 24.8 Å². The fourth-order valence-corrected chi connectivity index (χ4v) is 4.09. The van der Waals surface area contributed by atoms with Crippen molar-refractivity contribution < 1.29 is 23.4 Å². The molecule has 0 aliphatic heterocycles. The molecule has 2 aromatic carbocycles. The first kappa shape index (κ1) is 22.5. The third kappa shape index (κ3) is 5.40. The first-order chi connectivity index (χ1) is 13.2. The molecule has 6 nitrogen and oxygen atoms in total.